The minimum Gasteiger partial charge on any atom is -0.481 e. The summed E-state index contributed by atoms with van der Waals surface area (Å²) in [5.74, 6) is -1.05. The van der Waals surface area contributed by atoms with Crippen molar-refractivity contribution in [2.24, 2.45) is 5.41 Å². The summed E-state index contributed by atoms with van der Waals surface area (Å²) in [5, 5.41) is 9.02. The van der Waals surface area contributed by atoms with Gasteiger partial charge in [0.2, 0.25) is 0 Å². The van der Waals surface area contributed by atoms with Crippen molar-refractivity contribution in [3.63, 3.8) is 0 Å². The molecule has 86 valence electrons. The quantitative estimate of drug-likeness (QED) is 0.773. The number of hydrogen-bond donors (Lipinski definition) is 1. The van der Waals surface area contributed by atoms with Crippen molar-refractivity contribution in [1.29, 1.82) is 0 Å². The molecule has 2 aliphatic rings. The number of alkyl halides is 2. The van der Waals surface area contributed by atoms with Crippen LogP contribution >= 0.6 is 0 Å². The van der Waals surface area contributed by atoms with Crippen molar-refractivity contribution in [3.05, 3.63) is 0 Å². The summed E-state index contributed by atoms with van der Waals surface area (Å²) in [6.45, 7) is 1.47. The molecule has 0 spiro atoms. The van der Waals surface area contributed by atoms with E-state index in [9.17, 15) is 13.6 Å². The lowest BCUT2D eigenvalue weighted by Crippen LogP contribution is -2.46. The van der Waals surface area contributed by atoms with Crippen molar-refractivity contribution in [1.82, 2.24) is 0 Å². The molecule has 0 heterocycles. The van der Waals surface area contributed by atoms with E-state index in [0.29, 0.717) is 12.8 Å². The first-order valence-electron chi connectivity index (χ1n) is 5.43. The largest absolute Gasteiger partial charge is 0.481 e. The molecule has 0 aromatic rings. The Morgan fingerprint density at radius 3 is 1.87 bits per heavy atom. The molecule has 4 heteroatoms. The van der Waals surface area contributed by atoms with Gasteiger partial charge >= 0.3 is 5.97 Å². The predicted octanol–water partition coefficient (Wildman–Crippen LogP) is 2.86. The molecule has 0 saturated heterocycles. The molecule has 0 unspecified atom stereocenters. The van der Waals surface area contributed by atoms with Crippen LogP contribution in [-0.2, 0) is 4.79 Å². The summed E-state index contributed by atoms with van der Waals surface area (Å²) in [5.41, 5.74) is -4.18. The number of halogens is 2. The van der Waals surface area contributed by atoms with Gasteiger partial charge in [0.15, 0.2) is 0 Å². The Kier molecular flexibility index (Phi) is 2.11. The van der Waals surface area contributed by atoms with Gasteiger partial charge in [-0.05, 0) is 45.4 Å². The van der Waals surface area contributed by atoms with Gasteiger partial charge in [0, 0.05) is 0 Å². The van der Waals surface area contributed by atoms with E-state index in [0.717, 1.165) is 0 Å². The first-order valence-corrected chi connectivity index (χ1v) is 5.43. The molecule has 0 bridgehead atoms. The van der Waals surface area contributed by atoms with Crippen LogP contribution in [0.2, 0.25) is 0 Å². The van der Waals surface area contributed by atoms with Gasteiger partial charge in [-0.25, -0.2) is 8.78 Å². The first kappa shape index (κ1) is 10.8. The topological polar surface area (TPSA) is 37.3 Å². The second-order valence-electron chi connectivity index (χ2n) is 5.27. The van der Waals surface area contributed by atoms with Crippen LogP contribution in [0.5, 0.6) is 0 Å². The van der Waals surface area contributed by atoms with E-state index in [1.165, 1.54) is 6.92 Å². The number of carbonyl (C=O) groups is 1. The van der Waals surface area contributed by atoms with E-state index in [2.05, 4.69) is 0 Å². The Balaban J connectivity index is 2.13. The highest BCUT2D eigenvalue weighted by molar-refractivity contribution is 5.79. The lowest BCUT2D eigenvalue weighted by molar-refractivity contribution is -0.153. The van der Waals surface area contributed by atoms with Gasteiger partial charge < -0.3 is 5.11 Å². The number of rotatable bonds is 2. The molecule has 2 rings (SSSR count). The SMILES string of the molecule is CC1(F)CCC(F)(C2(C(=O)O)CC2)CC1. The Morgan fingerprint density at radius 1 is 1.07 bits per heavy atom. The summed E-state index contributed by atoms with van der Waals surface area (Å²) < 4.78 is 28.0. The smallest absolute Gasteiger partial charge is 0.312 e. The number of carboxylic acid groups (broad SMARTS) is 1. The third-order valence-corrected chi connectivity index (χ3v) is 4.10. The molecule has 2 fully saturated rings. The van der Waals surface area contributed by atoms with Crippen LogP contribution in [0.15, 0.2) is 0 Å². The van der Waals surface area contributed by atoms with Crippen molar-refractivity contribution in [2.75, 3.05) is 0 Å². The maximum Gasteiger partial charge on any atom is 0.312 e. The summed E-state index contributed by atoms with van der Waals surface area (Å²) >= 11 is 0. The monoisotopic (exact) mass is 218 g/mol. The van der Waals surface area contributed by atoms with E-state index >= 15 is 0 Å². The van der Waals surface area contributed by atoms with Crippen LogP contribution in [-0.4, -0.2) is 22.4 Å². The molecule has 0 amide bonds. The minimum absolute atomic E-state index is 0.0479. The van der Waals surface area contributed by atoms with Gasteiger partial charge in [-0.2, -0.15) is 0 Å². The van der Waals surface area contributed by atoms with E-state index in [4.69, 9.17) is 5.11 Å². The maximum atomic E-state index is 14.5. The molecule has 15 heavy (non-hydrogen) atoms. The normalized spacial score (nSPS) is 43.7. The zero-order valence-electron chi connectivity index (χ0n) is 8.85. The van der Waals surface area contributed by atoms with Crippen molar-refractivity contribution < 1.29 is 18.7 Å². The zero-order chi connectivity index (χ0) is 11.3. The maximum absolute atomic E-state index is 14.5. The highest BCUT2D eigenvalue weighted by atomic mass is 19.1. The van der Waals surface area contributed by atoms with Gasteiger partial charge in [0.05, 0.1) is 0 Å². The van der Waals surface area contributed by atoms with Gasteiger partial charge in [-0.3, -0.25) is 4.79 Å². The summed E-state index contributed by atoms with van der Waals surface area (Å²) in [4.78, 5) is 11.0. The van der Waals surface area contributed by atoms with E-state index in [1.54, 1.807) is 0 Å². The average molecular weight is 218 g/mol. The fraction of sp³-hybridized carbons (Fsp3) is 0.909. The zero-order valence-corrected chi connectivity index (χ0v) is 8.85. The fourth-order valence-corrected chi connectivity index (χ4v) is 2.62. The third-order valence-electron chi connectivity index (χ3n) is 4.10. The predicted molar refractivity (Wildman–Crippen MR) is 51.1 cm³/mol. The van der Waals surface area contributed by atoms with Crippen LogP contribution in [0.4, 0.5) is 8.78 Å². The number of hydrogen-bond acceptors (Lipinski definition) is 1. The fourth-order valence-electron chi connectivity index (χ4n) is 2.62. The van der Waals surface area contributed by atoms with Gasteiger partial charge in [0.1, 0.15) is 16.8 Å². The standard InChI is InChI=1S/C11H16F2O2/c1-9(12)2-6-11(13,7-3-9)10(4-5-10)8(14)15/h2-7H2,1H3,(H,14,15). The third kappa shape index (κ3) is 1.54. The van der Waals surface area contributed by atoms with Crippen LogP contribution in [0.25, 0.3) is 0 Å². The second kappa shape index (κ2) is 2.92. The molecule has 1 N–H and O–H groups in total. The van der Waals surface area contributed by atoms with Gasteiger partial charge in [-0.15, -0.1) is 0 Å². The molecular weight excluding hydrogens is 202 g/mol. The molecule has 0 aromatic heterocycles. The van der Waals surface area contributed by atoms with Crippen molar-refractivity contribution in [2.45, 2.75) is 56.8 Å². The van der Waals surface area contributed by atoms with E-state index < -0.39 is 22.7 Å². The Hall–Kier alpha value is -0.670. The van der Waals surface area contributed by atoms with Crippen molar-refractivity contribution >= 4 is 5.97 Å². The van der Waals surface area contributed by atoms with Crippen LogP contribution in [0.3, 0.4) is 0 Å². The molecule has 2 nitrogen and oxygen atoms in total. The Morgan fingerprint density at radius 2 is 1.53 bits per heavy atom. The highest BCUT2D eigenvalue weighted by Gasteiger charge is 2.66. The number of aliphatic carboxylic acids is 1. The molecule has 0 atom stereocenters. The van der Waals surface area contributed by atoms with Crippen LogP contribution in [0, 0.1) is 5.41 Å². The molecule has 2 aliphatic carbocycles. The molecule has 0 aliphatic heterocycles. The van der Waals surface area contributed by atoms with Crippen LogP contribution in [0.1, 0.15) is 45.4 Å². The summed E-state index contributed by atoms with van der Waals surface area (Å²) in [6.07, 6.45) is 1.18. The number of carboxylic acids is 1. The van der Waals surface area contributed by atoms with E-state index in [1.807, 2.05) is 0 Å². The lowest BCUT2D eigenvalue weighted by Gasteiger charge is -2.39. The highest BCUT2D eigenvalue weighted by Crippen LogP contribution is 2.61. The lowest BCUT2D eigenvalue weighted by atomic mass is 9.71. The van der Waals surface area contributed by atoms with Crippen LogP contribution < -0.4 is 0 Å². The van der Waals surface area contributed by atoms with Gasteiger partial charge in [0.25, 0.3) is 0 Å². The molecule has 2 saturated carbocycles. The average Bonchev–Trinajstić information content (AvgIpc) is 2.91. The molecule has 0 aromatic carbocycles. The Labute approximate surface area is 87.7 Å². The van der Waals surface area contributed by atoms with Gasteiger partial charge in [-0.1, -0.05) is 0 Å². The molecule has 0 radical (unpaired) electrons. The first-order chi connectivity index (χ1) is 6.81. The molecular formula is C11H16F2O2. The Bertz CT molecular complexity index is 285. The second-order valence-corrected chi connectivity index (χ2v) is 5.27. The van der Waals surface area contributed by atoms with Crippen molar-refractivity contribution in [3.8, 4) is 0 Å². The minimum atomic E-state index is -1.68. The summed E-state index contributed by atoms with van der Waals surface area (Å²) in [7, 11) is 0. The summed E-state index contributed by atoms with van der Waals surface area (Å²) in [6, 6.07) is 0. The van der Waals surface area contributed by atoms with E-state index in [-0.39, 0.29) is 25.7 Å².